The summed E-state index contributed by atoms with van der Waals surface area (Å²) in [6.45, 7) is 3.59. The number of rotatable bonds is 5. The molecule has 3 aliphatic rings. The van der Waals surface area contributed by atoms with E-state index in [1.165, 1.54) is 6.42 Å². The molecule has 2 N–H and O–H groups in total. The van der Waals surface area contributed by atoms with Gasteiger partial charge in [-0.05, 0) is 49.9 Å². The van der Waals surface area contributed by atoms with E-state index >= 15 is 0 Å². The van der Waals surface area contributed by atoms with Crippen molar-refractivity contribution in [1.82, 2.24) is 34.9 Å². The molecule has 3 saturated heterocycles. The highest BCUT2D eigenvalue weighted by Gasteiger charge is 2.38. The lowest BCUT2D eigenvalue weighted by Crippen LogP contribution is -2.44. The second kappa shape index (κ2) is 9.11. The molecule has 37 heavy (non-hydrogen) atoms. The monoisotopic (exact) mass is 495 g/mol. The van der Waals surface area contributed by atoms with Gasteiger partial charge in [-0.3, -0.25) is 9.78 Å². The van der Waals surface area contributed by atoms with Crippen molar-refractivity contribution in [2.75, 3.05) is 36.4 Å². The standard InChI is InChI=1S/C27H29N9O/c37-27(34-10-2-1-3-11-34)18-4-5-22-23(12-18)36(33-26(22)32-24-16-28-8-9-29-24)20-6-7-30-25(14-20)35-17-19-13-21(35)15-31-19/h4-9,12,14,16,19,21,31H,1-3,10-11,13,15,17H2,(H,29,32,33)/t19-,21-/m0/s1. The average molecular weight is 496 g/mol. The molecule has 2 bridgehead atoms. The van der Waals surface area contributed by atoms with Crippen molar-refractivity contribution in [3.05, 3.63) is 60.7 Å². The van der Waals surface area contributed by atoms with E-state index in [-0.39, 0.29) is 5.91 Å². The van der Waals surface area contributed by atoms with Crippen molar-refractivity contribution in [1.29, 1.82) is 0 Å². The summed E-state index contributed by atoms with van der Waals surface area (Å²) in [6, 6.07) is 10.9. The van der Waals surface area contributed by atoms with Crippen LogP contribution >= 0.6 is 0 Å². The van der Waals surface area contributed by atoms with Gasteiger partial charge < -0.3 is 20.4 Å². The summed E-state index contributed by atoms with van der Waals surface area (Å²) in [5.74, 6) is 2.31. The van der Waals surface area contributed by atoms with Crippen LogP contribution in [0.5, 0.6) is 0 Å². The van der Waals surface area contributed by atoms with Crippen LogP contribution in [0.2, 0.25) is 0 Å². The number of aromatic nitrogens is 5. The van der Waals surface area contributed by atoms with Gasteiger partial charge in [-0.2, -0.15) is 0 Å². The molecule has 0 unspecified atom stereocenters. The van der Waals surface area contributed by atoms with Gasteiger partial charge in [0.25, 0.3) is 5.91 Å². The van der Waals surface area contributed by atoms with Crippen LogP contribution in [0.25, 0.3) is 16.6 Å². The Morgan fingerprint density at radius 3 is 2.73 bits per heavy atom. The predicted molar refractivity (Wildman–Crippen MR) is 141 cm³/mol. The Kier molecular flexibility index (Phi) is 5.46. The maximum Gasteiger partial charge on any atom is 0.253 e. The van der Waals surface area contributed by atoms with Crippen molar-refractivity contribution in [2.45, 2.75) is 37.8 Å². The number of carbonyl (C=O) groups is 1. The number of nitrogens with one attached hydrogen (secondary N) is 2. The molecule has 188 valence electrons. The lowest BCUT2D eigenvalue weighted by molar-refractivity contribution is 0.0724. The molecule has 4 aromatic rings. The fourth-order valence-corrected chi connectivity index (χ4v) is 5.84. The lowest BCUT2D eigenvalue weighted by Gasteiger charge is -2.28. The first kappa shape index (κ1) is 22.2. The van der Waals surface area contributed by atoms with Gasteiger partial charge in [0.05, 0.1) is 17.4 Å². The van der Waals surface area contributed by atoms with Crippen molar-refractivity contribution in [2.24, 2.45) is 0 Å². The smallest absolute Gasteiger partial charge is 0.253 e. The van der Waals surface area contributed by atoms with Crippen LogP contribution in [0, 0.1) is 0 Å². The number of fused-ring (bicyclic) bond motifs is 3. The Balaban J connectivity index is 1.30. The van der Waals surface area contributed by atoms with Gasteiger partial charge in [0, 0.05) is 73.9 Å². The third kappa shape index (κ3) is 4.07. The van der Waals surface area contributed by atoms with Gasteiger partial charge >= 0.3 is 0 Å². The van der Waals surface area contributed by atoms with Gasteiger partial charge in [0.1, 0.15) is 11.6 Å². The van der Waals surface area contributed by atoms with Crippen LogP contribution in [0.15, 0.2) is 55.1 Å². The third-order valence-electron chi connectivity index (χ3n) is 7.71. The highest BCUT2D eigenvalue weighted by molar-refractivity contribution is 6.01. The number of amides is 1. The minimum absolute atomic E-state index is 0.0776. The number of piperazine rings is 1. The summed E-state index contributed by atoms with van der Waals surface area (Å²) in [7, 11) is 0. The minimum atomic E-state index is 0.0776. The molecule has 2 atom stereocenters. The Morgan fingerprint density at radius 1 is 1.03 bits per heavy atom. The van der Waals surface area contributed by atoms with Crippen molar-refractivity contribution >= 4 is 34.3 Å². The summed E-state index contributed by atoms with van der Waals surface area (Å²) in [5.41, 5.74) is 2.44. The number of nitrogens with zero attached hydrogens (tertiary/aromatic N) is 7. The fraction of sp³-hybridized carbons (Fsp3) is 0.370. The first-order valence-electron chi connectivity index (χ1n) is 13.0. The number of hydrogen-bond acceptors (Lipinski definition) is 8. The van der Waals surface area contributed by atoms with Crippen LogP contribution in [-0.4, -0.2) is 73.8 Å². The maximum absolute atomic E-state index is 13.3. The predicted octanol–water partition coefficient (Wildman–Crippen LogP) is 3.13. The second-order valence-corrected chi connectivity index (χ2v) is 10.1. The van der Waals surface area contributed by atoms with Gasteiger partial charge in [-0.25, -0.2) is 14.6 Å². The van der Waals surface area contributed by atoms with Crippen LogP contribution in [0.1, 0.15) is 36.0 Å². The molecule has 10 heteroatoms. The Morgan fingerprint density at radius 2 is 1.95 bits per heavy atom. The molecule has 1 aromatic carbocycles. The molecule has 10 nitrogen and oxygen atoms in total. The van der Waals surface area contributed by atoms with Gasteiger partial charge in [0.2, 0.25) is 0 Å². The van der Waals surface area contributed by atoms with E-state index in [0.29, 0.717) is 29.3 Å². The van der Waals surface area contributed by atoms with Crippen molar-refractivity contribution in [3.8, 4) is 5.69 Å². The largest absolute Gasteiger partial charge is 0.351 e. The zero-order valence-electron chi connectivity index (χ0n) is 20.5. The summed E-state index contributed by atoms with van der Waals surface area (Å²) in [6.07, 6.45) is 11.3. The molecule has 3 aliphatic heterocycles. The molecular weight excluding hydrogens is 466 g/mol. The summed E-state index contributed by atoms with van der Waals surface area (Å²) >= 11 is 0. The van der Waals surface area contributed by atoms with E-state index in [4.69, 9.17) is 5.10 Å². The third-order valence-corrected chi connectivity index (χ3v) is 7.71. The molecule has 3 fully saturated rings. The first-order chi connectivity index (χ1) is 18.2. The van der Waals surface area contributed by atoms with E-state index in [9.17, 15) is 4.79 Å². The van der Waals surface area contributed by atoms with Crippen LogP contribution in [0.4, 0.5) is 17.5 Å². The zero-order valence-corrected chi connectivity index (χ0v) is 20.5. The number of piperidine rings is 1. The minimum Gasteiger partial charge on any atom is -0.351 e. The number of hydrogen-bond donors (Lipinski definition) is 2. The zero-order chi connectivity index (χ0) is 24.8. The normalized spacial score (nSPS) is 21.1. The Labute approximate surface area is 214 Å². The van der Waals surface area contributed by atoms with E-state index in [0.717, 1.165) is 67.8 Å². The maximum atomic E-state index is 13.3. The average Bonchev–Trinajstić information content (AvgIpc) is 3.69. The molecule has 7 rings (SSSR count). The molecule has 0 radical (unpaired) electrons. The number of carbonyl (C=O) groups excluding carboxylic acids is 1. The summed E-state index contributed by atoms with van der Waals surface area (Å²) in [5, 5.41) is 12.7. The number of likely N-dealkylation sites (tertiary alicyclic amines) is 1. The Bertz CT molecular complexity index is 1450. The fourth-order valence-electron chi connectivity index (χ4n) is 5.84. The molecule has 0 spiro atoms. The van der Waals surface area contributed by atoms with Gasteiger partial charge in [0.15, 0.2) is 5.82 Å². The highest BCUT2D eigenvalue weighted by Crippen LogP contribution is 2.32. The summed E-state index contributed by atoms with van der Waals surface area (Å²) < 4.78 is 1.90. The summed E-state index contributed by atoms with van der Waals surface area (Å²) in [4.78, 5) is 30.9. The van der Waals surface area contributed by atoms with E-state index in [2.05, 4.69) is 36.6 Å². The number of anilines is 3. The Hall–Kier alpha value is -4.05. The molecular formula is C27H29N9O. The molecule has 6 heterocycles. The van der Waals surface area contributed by atoms with Gasteiger partial charge in [-0.15, -0.1) is 5.10 Å². The van der Waals surface area contributed by atoms with E-state index in [1.807, 2.05) is 40.0 Å². The topological polar surface area (TPSA) is 104 Å². The highest BCUT2D eigenvalue weighted by atomic mass is 16.2. The quantitative estimate of drug-likeness (QED) is 0.435. The molecule has 3 aromatic heterocycles. The molecule has 0 aliphatic carbocycles. The van der Waals surface area contributed by atoms with E-state index < -0.39 is 0 Å². The second-order valence-electron chi connectivity index (χ2n) is 10.1. The first-order valence-corrected chi connectivity index (χ1v) is 13.0. The van der Waals surface area contributed by atoms with Crippen LogP contribution in [-0.2, 0) is 0 Å². The van der Waals surface area contributed by atoms with Gasteiger partial charge in [-0.1, -0.05) is 0 Å². The van der Waals surface area contributed by atoms with Crippen LogP contribution in [0.3, 0.4) is 0 Å². The lowest BCUT2D eigenvalue weighted by atomic mass is 10.1. The molecule has 0 saturated carbocycles. The van der Waals surface area contributed by atoms with Crippen LogP contribution < -0.4 is 15.5 Å². The number of pyridine rings is 1. The van der Waals surface area contributed by atoms with E-state index in [1.54, 1.807) is 18.6 Å². The SMILES string of the molecule is O=C(c1ccc2c(Nc3cnccn3)nn(-c3ccnc(N4C[C@@H]5C[C@H]4CN5)c3)c2c1)N1CCCCC1. The van der Waals surface area contributed by atoms with Crippen molar-refractivity contribution in [3.63, 3.8) is 0 Å². The number of benzene rings is 1. The molecule has 1 amide bonds. The van der Waals surface area contributed by atoms with Crippen molar-refractivity contribution < 1.29 is 4.79 Å².